The third-order valence-corrected chi connectivity index (χ3v) is 5.09. The van der Waals surface area contributed by atoms with Gasteiger partial charge in [0.15, 0.2) is 18.1 Å². The van der Waals surface area contributed by atoms with Gasteiger partial charge in [-0.25, -0.2) is 5.43 Å². The molecule has 9 heteroatoms. The Bertz CT molecular complexity index is 841. The van der Waals surface area contributed by atoms with Crippen molar-refractivity contribution in [3.63, 3.8) is 0 Å². The number of rotatable bonds is 5. The van der Waals surface area contributed by atoms with E-state index in [1.807, 2.05) is 19.1 Å². The van der Waals surface area contributed by atoms with Gasteiger partial charge in [0.1, 0.15) is 5.75 Å². The highest BCUT2D eigenvalue weighted by molar-refractivity contribution is 9.11. The Morgan fingerprint density at radius 3 is 2.60 bits per heavy atom. The van der Waals surface area contributed by atoms with E-state index in [0.717, 1.165) is 10.0 Å². The van der Waals surface area contributed by atoms with Crippen molar-refractivity contribution in [1.29, 1.82) is 0 Å². The third-order valence-electron chi connectivity index (χ3n) is 3.03. The summed E-state index contributed by atoms with van der Waals surface area (Å²) in [6.07, 6.45) is 1.33. The zero-order valence-corrected chi connectivity index (χ0v) is 17.6. The van der Waals surface area contributed by atoms with Gasteiger partial charge in [-0.1, -0.05) is 6.07 Å². The van der Waals surface area contributed by atoms with Crippen LogP contribution in [0.25, 0.3) is 0 Å². The lowest BCUT2D eigenvalue weighted by molar-refractivity contribution is -0.123. The second kappa shape index (κ2) is 8.68. The van der Waals surface area contributed by atoms with Crippen LogP contribution >= 0.6 is 47.8 Å². The molecule has 0 aromatic heterocycles. The SMILES string of the molecule is Cc1ccc(OCC(=O)N/N=C\c2cc(Br)c(O)c(O)c2Br)c(Br)c1. The summed E-state index contributed by atoms with van der Waals surface area (Å²) in [5.41, 5.74) is 3.86. The molecular weight excluding hydrogens is 524 g/mol. The highest BCUT2D eigenvalue weighted by Gasteiger charge is 2.13. The number of hydrogen-bond acceptors (Lipinski definition) is 5. The van der Waals surface area contributed by atoms with Gasteiger partial charge < -0.3 is 14.9 Å². The zero-order chi connectivity index (χ0) is 18.6. The molecule has 0 saturated carbocycles. The standard InChI is InChI=1S/C16H13Br3N2O4/c1-8-2-3-12(10(17)4-8)25-7-13(22)21-20-6-9-5-11(18)15(23)16(24)14(9)19/h2-6,23-24H,7H2,1H3,(H,21,22)/b20-6-. The molecule has 1 amide bonds. The smallest absolute Gasteiger partial charge is 0.277 e. The van der Waals surface area contributed by atoms with Crippen LogP contribution in [-0.2, 0) is 4.79 Å². The second-order valence-corrected chi connectivity index (χ2v) is 7.48. The molecule has 3 N–H and O–H groups in total. The molecule has 0 radical (unpaired) electrons. The molecule has 0 heterocycles. The summed E-state index contributed by atoms with van der Waals surface area (Å²) in [4.78, 5) is 11.8. The average molecular weight is 537 g/mol. The number of aryl methyl sites for hydroxylation is 1. The van der Waals surface area contributed by atoms with Crippen molar-refractivity contribution in [2.45, 2.75) is 6.92 Å². The maximum atomic E-state index is 11.8. The van der Waals surface area contributed by atoms with Crippen LogP contribution in [0.1, 0.15) is 11.1 Å². The van der Waals surface area contributed by atoms with Crippen molar-refractivity contribution >= 4 is 59.9 Å². The Hall–Kier alpha value is -1.58. The number of phenolic OH excluding ortho intramolecular Hbond substituents is 2. The lowest BCUT2D eigenvalue weighted by Gasteiger charge is -2.08. The minimum atomic E-state index is -0.443. The normalized spacial score (nSPS) is 10.9. The molecular formula is C16H13Br3N2O4. The fourth-order valence-electron chi connectivity index (χ4n) is 1.79. The average Bonchev–Trinajstić information content (AvgIpc) is 2.56. The van der Waals surface area contributed by atoms with Crippen LogP contribution in [0.4, 0.5) is 0 Å². The van der Waals surface area contributed by atoms with Gasteiger partial charge in [-0.3, -0.25) is 4.79 Å². The Morgan fingerprint density at radius 2 is 1.92 bits per heavy atom. The Labute approximate surface area is 169 Å². The first-order valence-electron chi connectivity index (χ1n) is 6.90. The monoisotopic (exact) mass is 534 g/mol. The van der Waals surface area contributed by atoms with E-state index in [1.165, 1.54) is 12.3 Å². The quantitative estimate of drug-likeness (QED) is 0.303. The summed E-state index contributed by atoms with van der Waals surface area (Å²) in [6.45, 7) is 1.75. The zero-order valence-electron chi connectivity index (χ0n) is 12.9. The van der Waals surface area contributed by atoms with Crippen LogP contribution in [0.5, 0.6) is 17.2 Å². The largest absolute Gasteiger partial charge is 0.503 e. The molecule has 0 fully saturated rings. The van der Waals surface area contributed by atoms with Crippen molar-refractivity contribution in [2.24, 2.45) is 5.10 Å². The van der Waals surface area contributed by atoms with E-state index in [2.05, 4.69) is 58.3 Å². The molecule has 0 bridgehead atoms. The van der Waals surface area contributed by atoms with Crippen LogP contribution in [0.2, 0.25) is 0 Å². The van der Waals surface area contributed by atoms with E-state index < -0.39 is 5.91 Å². The van der Waals surface area contributed by atoms with Crippen LogP contribution < -0.4 is 10.2 Å². The number of phenols is 2. The first-order valence-corrected chi connectivity index (χ1v) is 9.28. The van der Waals surface area contributed by atoms with E-state index in [4.69, 9.17) is 4.74 Å². The lowest BCUT2D eigenvalue weighted by Crippen LogP contribution is -2.24. The number of nitrogens with one attached hydrogen (secondary N) is 1. The van der Waals surface area contributed by atoms with Gasteiger partial charge in [-0.15, -0.1) is 0 Å². The molecule has 0 atom stereocenters. The number of hydrogen-bond donors (Lipinski definition) is 3. The van der Waals surface area contributed by atoms with Crippen molar-refractivity contribution in [3.8, 4) is 17.2 Å². The first-order chi connectivity index (χ1) is 11.8. The van der Waals surface area contributed by atoms with Gasteiger partial charge in [-0.2, -0.15) is 5.10 Å². The molecule has 0 aliphatic rings. The molecule has 0 spiro atoms. The van der Waals surface area contributed by atoms with E-state index in [1.54, 1.807) is 6.07 Å². The molecule has 2 rings (SSSR count). The summed E-state index contributed by atoms with van der Waals surface area (Å²) in [5, 5.41) is 23.1. The molecule has 0 aliphatic carbocycles. The number of ether oxygens (including phenoxy) is 1. The van der Waals surface area contributed by atoms with Crippen molar-refractivity contribution in [3.05, 3.63) is 48.8 Å². The molecule has 2 aromatic rings. The minimum Gasteiger partial charge on any atom is -0.503 e. The van der Waals surface area contributed by atoms with Gasteiger partial charge in [-0.05, 0) is 78.5 Å². The molecule has 132 valence electrons. The summed E-state index contributed by atoms with van der Waals surface area (Å²) in [5.74, 6) is -0.499. The molecule has 0 saturated heterocycles. The predicted octanol–water partition coefficient (Wildman–Crippen LogP) is 4.22. The second-order valence-electron chi connectivity index (χ2n) is 4.97. The van der Waals surface area contributed by atoms with Crippen LogP contribution in [0, 0.1) is 6.92 Å². The molecule has 25 heavy (non-hydrogen) atoms. The van der Waals surface area contributed by atoms with Crippen LogP contribution in [0.3, 0.4) is 0 Å². The fraction of sp³-hybridized carbons (Fsp3) is 0.125. The number of aromatic hydroxyl groups is 2. The molecule has 2 aromatic carbocycles. The van der Waals surface area contributed by atoms with E-state index in [9.17, 15) is 15.0 Å². The fourth-order valence-corrected chi connectivity index (χ4v) is 3.24. The number of halogens is 3. The number of carbonyl (C=O) groups is 1. The number of nitrogens with zero attached hydrogens (tertiary/aromatic N) is 1. The van der Waals surface area contributed by atoms with Gasteiger partial charge in [0.05, 0.1) is 19.6 Å². The summed E-state index contributed by atoms with van der Waals surface area (Å²) in [6, 6.07) is 7.07. The Kier molecular flexibility index (Phi) is 6.86. The summed E-state index contributed by atoms with van der Waals surface area (Å²) >= 11 is 9.62. The summed E-state index contributed by atoms with van der Waals surface area (Å²) in [7, 11) is 0. The lowest BCUT2D eigenvalue weighted by atomic mass is 10.2. The maximum Gasteiger partial charge on any atom is 0.277 e. The molecule has 0 aliphatic heterocycles. The maximum absolute atomic E-state index is 11.8. The molecule has 0 unspecified atom stereocenters. The van der Waals surface area contributed by atoms with Crippen LogP contribution in [-0.4, -0.2) is 28.9 Å². The number of benzene rings is 2. The predicted molar refractivity (Wildman–Crippen MR) is 105 cm³/mol. The highest BCUT2D eigenvalue weighted by Crippen LogP contribution is 2.40. The minimum absolute atomic E-state index is 0.204. The van der Waals surface area contributed by atoms with E-state index in [-0.39, 0.29) is 22.6 Å². The van der Waals surface area contributed by atoms with Gasteiger partial charge >= 0.3 is 0 Å². The third kappa shape index (κ3) is 5.20. The Balaban J connectivity index is 1.95. The number of hydrazone groups is 1. The summed E-state index contributed by atoms with van der Waals surface area (Å²) < 4.78 is 6.73. The van der Waals surface area contributed by atoms with Gasteiger partial charge in [0, 0.05) is 5.56 Å². The highest BCUT2D eigenvalue weighted by atomic mass is 79.9. The van der Waals surface area contributed by atoms with Crippen molar-refractivity contribution in [1.82, 2.24) is 5.43 Å². The van der Waals surface area contributed by atoms with Gasteiger partial charge in [0.25, 0.3) is 5.91 Å². The van der Waals surface area contributed by atoms with E-state index in [0.29, 0.717) is 15.8 Å². The van der Waals surface area contributed by atoms with E-state index >= 15 is 0 Å². The van der Waals surface area contributed by atoms with Gasteiger partial charge in [0.2, 0.25) is 0 Å². The molecule has 6 nitrogen and oxygen atoms in total. The first kappa shape index (κ1) is 19.7. The Morgan fingerprint density at radius 1 is 1.20 bits per heavy atom. The van der Waals surface area contributed by atoms with Crippen molar-refractivity contribution < 1.29 is 19.7 Å². The van der Waals surface area contributed by atoms with Crippen LogP contribution in [0.15, 0.2) is 42.8 Å². The van der Waals surface area contributed by atoms with Crippen molar-refractivity contribution in [2.75, 3.05) is 6.61 Å². The number of amides is 1. The topological polar surface area (TPSA) is 91.2 Å². The number of carbonyl (C=O) groups excluding carboxylic acids is 1.